The van der Waals surface area contributed by atoms with Gasteiger partial charge in [0.2, 0.25) is 5.95 Å². The Morgan fingerprint density at radius 1 is 1.44 bits per heavy atom. The first-order chi connectivity index (χ1) is 8.79. The van der Waals surface area contributed by atoms with Crippen molar-refractivity contribution in [2.75, 3.05) is 41.0 Å². The Balaban J connectivity index is 1.92. The minimum absolute atomic E-state index is 0.674. The Morgan fingerprint density at radius 2 is 2.33 bits per heavy atom. The summed E-state index contributed by atoms with van der Waals surface area (Å²) in [5.41, 5.74) is 0. The SMILES string of the molecule is CCNc1ncc(Br)c(NCC2CSCCS2)n1. The molecule has 0 aromatic carbocycles. The topological polar surface area (TPSA) is 49.8 Å². The van der Waals surface area contributed by atoms with Crippen molar-refractivity contribution in [3.8, 4) is 0 Å². The highest BCUT2D eigenvalue weighted by Gasteiger charge is 2.15. The number of anilines is 2. The van der Waals surface area contributed by atoms with Crippen LogP contribution >= 0.6 is 39.5 Å². The lowest BCUT2D eigenvalue weighted by atomic mass is 10.4. The van der Waals surface area contributed by atoms with Crippen molar-refractivity contribution in [2.24, 2.45) is 0 Å². The molecule has 0 spiro atoms. The number of hydrogen-bond acceptors (Lipinski definition) is 6. The molecule has 2 heterocycles. The van der Waals surface area contributed by atoms with Crippen LogP contribution in [-0.4, -0.2) is 45.6 Å². The smallest absolute Gasteiger partial charge is 0.224 e. The molecule has 0 aliphatic carbocycles. The zero-order valence-corrected chi connectivity index (χ0v) is 13.5. The van der Waals surface area contributed by atoms with Gasteiger partial charge in [0.15, 0.2) is 0 Å². The van der Waals surface area contributed by atoms with Gasteiger partial charge in [-0.05, 0) is 22.9 Å². The van der Waals surface area contributed by atoms with Crippen molar-refractivity contribution in [2.45, 2.75) is 12.2 Å². The molecule has 1 aliphatic rings. The first-order valence-corrected chi connectivity index (χ1v) is 8.99. The molecule has 1 saturated heterocycles. The molecular formula is C11H17BrN4S2. The van der Waals surface area contributed by atoms with Crippen LogP contribution in [0.15, 0.2) is 10.7 Å². The molecule has 18 heavy (non-hydrogen) atoms. The number of halogens is 1. The van der Waals surface area contributed by atoms with Crippen LogP contribution in [0.4, 0.5) is 11.8 Å². The summed E-state index contributed by atoms with van der Waals surface area (Å²) in [6.07, 6.45) is 1.79. The van der Waals surface area contributed by atoms with Gasteiger partial charge in [-0.1, -0.05) is 0 Å². The molecule has 1 fully saturated rings. The van der Waals surface area contributed by atoms with E-state index in [4.69, 9.17) is 0 Å². The Morgan fingerprint density at radius 3 is 3.06 bits per heavy atom. The molecule has 0 bridgehead atoms. The lowest BCUT2D eigenvalue weighted by Gasteiger charge is -2.21. The number of aromatic nitrogens is 2. The number of hydrogen-bond donors (Lipinski definition) is 2. The fourth-order valence-corrected chi connectivity index (χ4v) is 4.54. The van der Waals surface area contributed by atoms with E-state index < -0.39 is 0 Å². The summed E-state index contributed by atoms with van der Waals surface area (Å²) in [4.78, 5) is 8.66. The van der Waals surface area contributed by atoms with Crippen LogP contribution in [0, 0.1) is 0 Å². The lowest BCUT2D eigenvalue weighted by Crippen LogP contribution is -2.23. The summed E-state index contributed by atoms with van der Waals surface area (Å²) in [5, 5.41) is 7.20. The zero-order valence-electron chi connectivity index (χ0n) is 10.3. The van der Waals surface area contributed by atoms with Crippen molar-refractivity contribution in [1.82, 2.24) is 9.97 Å². The van der Waals surface area contributed by atoms with E-state index in [1.54, 1.807) is 6.20 Å². The van der Waals surface area contributed by atoms with Crippen LogP contribution < -0.4 is 10.6 Å². The molecule has 2 rings (SSSR count). The highest BCUT2D eigenvalue weighted by Crippen LogP contribution is 2.25. The van der Waals surface area contributed by atoms with Gasteiger partial charge in [0, 0.05) is 41.8 Å². The first kappa shape index (κ1) is 14.3. The van der Waals surface area contributed by atoms with Crippen LogP contribution in [0.2, 0.25) is 0 Å². The molecular weight excluding hydrogens is 332 g/mol. The molecule has 1 atom stereocenters. The van der Waals surface area contributed by atoms with Gasteiger partial charge in [0.1, 0.15) is 5.82 Å². The zero-order chi connectivity index (χ0) is 12.8. The third-order valence-electron chi connectivity index (χ3n) is 2.46. The Hall–Kier alpha value is -0.140. The van der Waals surface area contributed by atoms with Crippen LogP contribution in [0.5, 0.6) is 0 Å². The molecule has 7 heteroatoms. The third-order valence-corrected chi connectivity index (χ3v) is 5.89. The van der Waals surface area contributed by atoms with E-state index in [2.05, 4.69) is 36.5 Å². The Labute approximate surface area is 125 Å². The molecule has 0 saturated carbocycles. The van der Waals surface area contributed by atoms with E-state index in [-0.39, 0.29) is 0 Å². The second-order valence-electron chi connectivity index (χ2n) is 3.87. The van der Waals surface area contributed by atoms with E-state index >= 15 is 0 Å². The van der Waals surface area contributed by atoms with Crippen LogP contribution in [0.1, 0.15) is 6.92 Å². The number of thioether (sulfide) groups is 2. The van der Waals surface area contributed by atoms with E-state index in [1.165, 1.54) is 17.3 Å². The predicted octanol–water partition coefficient (Wildman–Crippen LogP) is 2.93. The van der Waals surface area contributed by atoms with Crippen molar-refractivity contribution in [3.63, 3.8) is 0 Å². The van der Waals surface area contributed by atoms with Crippen molar-refractivity contribution in [1.29, 1.82) is 0 Å². The van der Waals surface area contributed by atoms with Crippen molar-refractivity contribution >= 4 is 51.2 Å². The maximum atomic E-state index is 4.45. The molecule has 0 radical (unpaired) electrons. The van der Waals surface area contributed by atoms with Gasteiger partial charge in [-0.2, -0.15) is 28.5 Å². The van der Waals surface area contributed by atoms with Gasteiger partial charge in [0.25, 0.3) is 0 Å². The third kappa shape index (κ3) is 4.20. The van der Waals surface area contributed by atoms with Crippen LogP contribution in [0.3, 0.4) is 0 Å². The maximum Gasteiger partial charge on any atom is 0.224 e. The maximum absolute atomic E-state index is 4.45. The number of nitrogens with zero attached hydrogens (tertiary/aromatic N) is 2. The van der Waals surface area contributed by atoms with Crippen molar-refractivity contribution in [3.05, 3.63) is 10.7 Å². The predicted molar refractivity (Wildman–Crippen MR) is 86.0 cm³/mol. The average molecular weight is 349 g/mol. The Kier molecular flexibility index (Phi) is 5.91. The normalized spacial score (nSPS) is 19.6. The second kappa shape index (κ2) is 7.45. The molecule has 1 aliphatic heterocycles. The first-order valence-electron chi connectivity index (χ1n) is 5.99. The van der Waals surface area contributed by atoms with E-state index in [1.807, 2.05) is 30.4 Å². The molecule has 4 nitrogen and oxygen atoms in total. The minimum Gasteiger partial charge on any atom is -0.368 e. The largest absolute Gasteiger partial charge is 0.368 e. The van der Waals surface area contributed by atoms with Gasteiger partial charge in [0.05, 0.1) is 4.47 Å². The summed E-state index contributed by atoms with van der Waals surface area (Å²) in [7, 11) is 0. The summed E-state index contributed by atoms with van der Waals surface area (Å²) >= 11 is 7.56. The number of rotatable bonds is 5. The highest BCUT2D eigenvalue weighted by molar-refractivity contribution is 9.10. The van der Waals surface area contributed by atoms with Gasteiger partial charge in [-0.25, -0.2) is 4.98 Å². The molecule has 0 amide bonds. The molecule has 1 unspecified atom stereocenters. The highest BCUT2D eigenvalue weighted by atomic mass is 79.9. The van der Waals surface area contributed by atoms with E-state index in [9.17, 15) is 0 Å². The fraction of sp³-hybridized carbons (Fsp3) is 0.636. The summed E-state index contributed by atoms with van der Waals surface area (Å²) in [6.45, 7) is 3.82. The van der Waals surface area contributed by atoms with Gasteiger partial charge in [-0.15, -0.1) is 0 Å². The van der Waals surface area contributed by atoms with Gasteiger partial charge < -0.3 is 10.6 Å². The molecule has 1 aromatic rings. The quantitative estimate of drug-likeness (QED) is 0.853. The van der Waals surface area contributed by atoms with E-state index in [0.717, 1.165) is 23.4 Å². The molecule has 100 valence electrons. The fourth-order valence-electron chi connectivity index (χ4n) is 1.60. The minimum atomic E-state index is 0.674. The summed E-state index contributed by atoms with van der Waals surface area (Å²) < 4.78 is 0.914. The summed E-state index contributed by atoms with van der Waals surface area (Å²) in [5.74, 6) is 5.31. The Bertz CT molecular complexity index is 385. The second-order valence-corrected chi connectivity index (χ2v) is 7.28. The van der Waals surface area contributed by atoms with E-state index in [0.29, 0.717) is 11.2 Å². The lowest BCUT2D eigenvalue weighted by molar-refractivity contribution is 0.981. The summed E-state index contributed by atoms with van der Waals surface area (Å²) in [6, 6.07) is 0. The van der Waals surface area contributed by atoms with Crippen LogP contribution in [-0.2, 0) is 0 Å². The molecule has 2 N–H and O–H groups in total. The standard InChI is InChI=1S/C11H17BrN4S2/c1-2-13-11-15-6-9(12)10(16-11)14-5-8-7-17-3-4-18-8/h6,8H,2-5,7H2,1H3,(H2,13,14,15,16). The monoisotopic (exact) mass is 348 g/mol. The van der Waals surface area contributed by atoms with Gasteiger partial charge >= 0.3 is 0 Å². The molecule has 1 aromatic heterocycles. The van der Waals surface area contributed by atoms with Crippen molar-refractivity contribution < 1.29 is 0 Å². The van der Waals surface area contributed by atoms with Gasteiger partial charge in [-0.3, -0.25) is 0 Å². The van der Waals surface area contributed by atoms with Crippen LogP contribution in [0.25, 0.3) is 0 Å². The number of nitrogens with one attached hydrogen (secondary N) is 2. The average Bonchev–Trinajstić information content (AvgIpc) is 2.41.